The summed E-state index contributed by atoms with van der Waals surface area (Å²) in [6, 6.07) is 13.9. The Bertz CT molecular complexity index is 1600. The van der Waals surface area contributed by atoms with E-state index in [0.717, 1.165) is 11.0 Å². The van der Waals surface area contributed by atoms with Crippen molar-refractivity contribution in [2.45, 2.75) is 6.92 Å². The monoisotopic (exact) mass is 596 g/mol. The number of nitrogens with one attached hydrogen (secondary N) is 2. The SMILES string of the molecule is CCOC(=O)c1ccc(N2C(=O)C(Cl)=C(Nc3ccc(C(=O)Nc4cc(OC)c(C(=O)[O-])cc4Cl)cc3)C2=O)cc1. The second-order valence-electron chi connectivity index (χ2n) is 8.38. The minimum atomic E-state index is -1.49. The highest BCUT2D eigenvalue weighted by molar-refractivity contribution is 6.53. The number of esters is 1. The molecule has 0 fully saturated rings. The quantitative estimate of drug-likeness (QED) is 0.278. The summed E-state index contributed by atoms with van der Waals surface area (Å²) in [5, 5.41) is 16.2. The van der Waals surface area contributed by atoms with E-state index in [4.69, 9.17) is 32.7 Å². The van der Waals surface area contributed by atoms with Gasteiger partial charge in [-0.1, -0.05) is 23.2 Å². The van der Waals surface area contributed by atoms with E-state index in [1.54, 1.807) is 6.92 Å². The number of benzene rings is 3. The molecule has 13 heteroatoms. The predicted octanol–water partition coefficient (Wildman–Crippen LogP) is 3.58. The molecule has 1 aliphatic rings. The molecule has 0 saturated carbocycles. The zero-order valence-corrected chi connectivity index (χ0v) is 23.0. The molecule has 0 bridgehead atoms. The summed E-state index contributed by atoms with van der Waals surface area (Å²) in [6.45, 7) is 1.88. The molecule has 1 heterocycles. The Hall–Kier alpha value is -4.87. The Morgan fingerprint density at radius 3 is 2.15 bits per heavy atom. The van der Waals surface area contributed by atoms with E-state index in [1.807, 2.05) is 0 Å². The molecule has 0 spiro atoms. The van der Waals surface area contributed by atoms with Gasteiger partial charge in [-0.3, -0.25) is 14.4 Å². The maximum atomic E-state index is 13.1. The highest BCUT2D eigenvalue weighted by Gasteiger charge is 2.39. The molecule has 11 nitrogen and oxygen atoms in total. The first kappa shape index (κ1) is 29.1. The average Bonchev–Trinajstić information content (AvgIpc) is 3.17. The topological polar surface area (TPSA) is 154 Å². The number of methoxy groups -OCH3 is 1. The van der Waals surface area contributed by atoms with E-state index < -0.39 is 29.7 Å². The second-order valence-corrected chi connectivity index (χ2v) is 9.16. The molecule has 1 aliphatic heterocycles. The Kier molecular flexibility index (Phi) is 8.60. The Morgan fingerprint density at radius 1 is 0.927 bits per heavy atom. The zero-order chi connectivity index (χ0) is 29.8. The molecular formula is C28H20Cl2N3O8-. The molecule has 0 unspecified atom stereocenters. The lowest BCUT2D eigenvalue weighted by Crippen LogP contribution is -2.32. The average molecular weight is 597 g/mol. The second kappa shape index (κ2) is 12.1. The molecule has 41 heavy (non-hydrogen) atoms. The molecule has 3 amide bonds. The maximum absolute atomic E-state index is 13.1. The first-order chi connectivity index (χ1) is 19.5. The van der Waals surface area contributed by atoms with Crippen molar-refractivity contribution in [3.8, 4) is 5.75 Å². The summed E-state index contributed by atoms with van der Waals surface area (Å²) in [5.41, 5.74) is 0.690. The number of nitrogens with zero attached hydrogens (tertiary/aromatic N) is 1. The number of hydrogen-bond acceptors (Lipinski definition) is 9. The lowest BCUT2D eigenvalue weighted by molar-refractivity contribution is -0.255. The highest BCUT2D eigenvalue weighted by atomic mass is 35.5. The fourth-order valence-corrected chi connectivity index (χ4v) is 4.25. The minimum absolute atomic E-state index is 0.0392. The van der Waals surface area contributed by atoms with Crippen molar-refractivity contribution >= 4 is 69.9 Å². The number of rotatable bonds is 9. The molecule has 210 valence electrons. The van der Waals surface area contributed by atoms with Gasteiger partial charge in [-0.15, -0.1) is 0 Å². The van der Waals surface area contributed by atoms with Crippen LogP contribution in [0.5, 0.6) is 5.75 Å². The van der Waals surface area contributed by atoms with Crippen LogP contribution in [0.3, 0.4) is 0 Å². The Balaban J connectivity index is 1.46. The van der Waals surface area contributed by atoms with Gasteiger partial charge in [-0.2, -0.15) is 0 Å². The third kappa shape index (κ3) is 6.01. The first-order valence-electron chi connectivity index (χ1n) is 11.9. The highest BCUT2D eigenvalue weighted by Crippen LogP contribution is 2.32. The molecule has 0 saturated heterocycles. The Morgan fingerprint density at radius 2 is 1.56 bits per heavy atom. The Labute approximate surface area is 243 Å². The minimum Gasteiger partial charge on any atom is -0.545 e. The van der Waals surface area contributed by atoms with Crippen LogP contribution in [0.2, 0.25) is 5.02 Å². The fourth-order valence-electron chi connectivity index (χ4n) is 3.83. The molecule has 0 aliphatic carbocycles. The van der Waals surface area contributed by atoms with E-state index in [2.05, 4.69) is 10.6 Å². The van der Waals surface area contributed by atoms with Gasteiger partial charge in [0.05, 0.1) is 41.6 Å². The number of carbonyl (C=O) groups is 5. The molecular weight excluding hydrogens is 577 g/mol. The van der Waals surface area contributed by atoms with Gasteiger partial charge in [0.2, 0.25) is 0 Å². The number of hydrogen-bond donors (Lipinski definition) is 2. The van der Waals surface area contributed by atoms with E-state index in [9.17, 15) is 29.1 Å². The predicted molar refractivity (Wildman–Crippen MR) is 148 cm³/mol. The van der Waals surface area contributed by atoms with Crippen LogP contribution in [0.15, 0.2) is 71.4 Å². The number of anilines is 3. The molecule has 0 radical (unpaired) electrons. The molecule has 3 aromatic rings. The van der Waals surface area contributed by atoms with Crippen LogP contribution in [-0.2, 0) is 14.3 Å². The third-order valence-corrected chi connectivity index (χ3v) is 6.50. The van der Waals surface area contributed by atoms with Gasteiger partial charge >= 0.3 is 5.97 Å². The summed E-state index contributed by atoms with van der Waals surface area (Å²) < 4.78 is 9.96. The van der Waals surface area contributed by atoms with Crippen molar-refractivity contribution in [3.63, 3.8) is 0 Å². The van der Waals surface area contributed by atoms with Crippen LogP contribution in [0.1, 0.15) is 38.0 Å². The molecule has 3 aromatic carbocycles. The molecule has 0 aromatic heterocycles. The summed E-state index contributed by atoms with van der Waals surface area (Å²) in [5.74, 6) is -4.11. The van der Waals surface area contributed by atoms with E-state index in [0.29, 0.717) is 5.69 Å². The van der Waals surface area contributed by atoms with Crippen LogP contribution in [0, 0.1) is 0 Å². The third-order valence-electron chi connectivity index (χ3n) is 5.84. The van der Waals surface area contributed by atoms with E-state index in [-0.39, 0.29) is 56.2 Å². The number of aromatic carboxylic acids is 1. The van der Waals surface area contributed by atoms with Gasteiger partial charge in [-0.25, -0.2) is 9.69 Å². The van der Waals surface area contributed by atoms with Gasteiger partial charge in [-0.05, 0) is 61.5 Å². The number of ether oxygens (including phenoxy) is 2. The van der Waals surface area contributed by atoms with Crippen molar-refractivity contribution in [1.29, 1.82) is 0 Å². The summed E-state index contributed by atoms with van der Waals surface area (Å²) in [4.78, 5) is 62.6. The van der Waals surface area contributed by atoms with Gasteiger partial charge in [0.1, 0.15) is 16.5 Å². The van der Waals surface area contributed by atoms with Crippen molar-refractivity contribution in [2.24, 2.45) is 0 Å². The smallest absolute Gasteiger partial charge is 0.338 e. The van der Waals surface area contributed by atoms with Crippen molar-refractivity contribution in [2.75, 3.05) is 29.3 Å². The number of amides is 3. The maximum Gasteiger partial charge on any atom is 0.338 e. The number of carbonyl (C=O) groups excluding carboxylic acids is 5. The normalized spacial score (nSPS) is 12.8. The van der Waals surface area contributed by atoms with Crippen LogP contribution < -0.4 is 25.4 Å². The molecule has 2 N–H and O–H groups in total. The summed E-state index contributed by atoms with van der Waals surface area (Å²) in [6.07, 6.45) is 0. The van der Waals surface area contributed by atoms with Gasteiger partial charge in [0.25, 0.3) is 17.7 Å². The number of carboxylic acids is 1. The van der Waals surface area contributed by atoms with Crippen LogP contribution >= 0.6 is 23.2 Å². The molecule has 0 atom stereocenters. The number of carboxylic acid groups (broad SMARTS) is 1. The fraction of sp³-hybridized carbons (Fsp3) is 0.107. The first-order valence-corrected chi connectivity index (χ1v) is 12.6. The zero-order valence-electron chi connectivity index (χ0n) is 21.4. The van der Waals surface area contributed by atoms with Crippen molar-refractivity contribution in [1.82, 2.24) is 0 Å². The lowest BCUT2D eigenvalue weighted by atomic mass is 10.1. The van der Waals surface area contributed by atoms with Crippen LogP contribution in [0.25, 0.3) is 0 Å². The standard InChI is InChI=1S/C28H21Cl2N3O8/c1-3-41-28(39)15-6-10-17(11-7-15)33-25(35)22(30)23(26(33)36)31-16-8-4-14(5-9-16)24(34)32-20-13-21(40-2)18(27(37)38)12-19(20)29/h4-13,31H,3H2,1-2H3,(H,32,34)(H,37,38)/p-1. The number of halogens is 2. The lowest BCUT2D eigenvalue weighted by Gasteiger charge is -2.15. The van der Waals surface area contributed by atoms with E-state index >= 15 is 0 Å². The van der Waals surface area contributed by atoms with Crippen molar-refractivity contribution in [3.05, 3.63) is 93.1 Å². The van der Waals surface area contributed by atoms with E-state index in [1.165, 1.54) is 61.7 Å². The summed E-state index contributed by atoms with van der Waals surface area (Å²) >= 11 is 12.3. The summed E-state index contributed by atoms with van der Waals surface area (Å²) in [7, 11) is 1.26. The molecule has 4 rings (SSSR count). The van der Waals surface area contributed by atoms with Crippen LogP contribution in [0.4, 0.5) is 17.1 Å². The van der Waals surface area contributed by atoms with Gasteiger partial charge < -0.3 is 30.0 Å². The van der Waals surface area contributed by atoms with Crippen molar-refractivity contribution < 1.29 is 38.6 Å². The van der Waals surface area contributed by atoms with Gasteiger partial charge in [0.15, 0.2) is 0 Å². The number of imide groups is 1. The largest absolute Gasteiger partial charge is 0.545 e. The van der Waals surface area contributed by atoms with Gasteiger partial charge in [0, 0.05) is 22.9 Å². The van der Waals surface area contributed by atoms with Crippen LogP contribution in [-0.4, -0.2) is 43.4 Å².